The number of benzene rings is 5. The summed E-state index contributed by atoms with van der Waals surface area (Å²) in [6.45, 7) is 5.82. The van der Waals surface area contributed by atoms with Crippen LogP contribution in [-0.2, 0) is 34.1 Å². The molecule has 372 valence electrons. The summed E-state index contributed by atoms with van der Waals surface area (Å²) in [6, 6.07) is 29.0. The van der Waals surface area contributed by atoms with E-state index in [-0.39, 0.29) is 49.1 Å². The molecule has 4 aliphatic rings. The molecule has 3 N–H and O–H groups in total. The van der Waals surface area contributed by atoms with Gasteiger partial charge in [-0.2, -0.15) is 5.26 Å². The summed E-state index contributed by atoms with van der Waals surface area (Å²) < 4.78 is 24.5. The highest BCUT2D eigenvalue weighted by molar-refractivity contribution is 6.32. The van der Waals surface area contributed by atoms with Crippen molar-refractivity contribution in [3.8, 4) is 40.2 Å². The van der Waals surface area contributed by atoms with Crippen LogP contribution in [-0.4, -0.2) is 84.3 Å². The molecule has 4 aliphatic heterocycles. The average molecular weight is 994 g/mol. The lowest BCUT2D eigenvalue weighted by atomic mass is 9.96. The van der Waals surface area contributed by atoms with Crippen molar-refractivity contribution in [2.24, 2.45) is 0 Å². The van der Waals surface area contributed by atoms with Crippen LogP contribution in [0.5, 0.6) is 23.0 Å². The number of piperidine rings is 2. The van der Waals surface area contributed by atoms with Gasteiger partial charge in [0.05, 0.1) is 33.8 Å². The summed E-state index contributed by atoms with van der Waals surface area (Å²) in [5, 5.41) is 18.7. The van der Waals surface area contributed by atoms with E-state index in [1.165, 1.54) is 0 Å². The van der Waals surface area contributed by atoms with Gasteiger partial charge in [0.25, 0.3) is 11.8 Å². The predicted molar refractivity (Wildman–Crippen MR) is 270 cm³/mol. The number of anilines is 1. The van der Waals surface area contributed by atoms with Crippen LogP contribution in [0.25, 0.3) is 11.1 Å². The molecule has 16 heteroatoms. The van der Waals surface area contributed by atoms with Gasteiger partial charge in [-0.1, -0.05) is 73.3 Å². The number of unbranched alkanes of at least 4 members (excludes halogenated alkanes) is 3. The number of rotatable bonds is 19. The first-order valence-corrected chi connectivity index (χ1v) is 25.1. The fraction of sp³-hybridized carbons (Fsp3) is 0.357. The van der Waals surface area contributed by atoms with Crippen molar-refractivity contribution in [3.63, 3.8) is 0 Å². The van der Waals surface area contributed by atoms with Gasteiger partial charge in [0.1, 0.15) is 44.0 Å². The topological polar surface area (TPSA) is 189 Å². The fourth-order valence-electron chi connectivity index (χ4n) is 9.87. The Morgan fingerprint density at radius 1 is 0.806 bits per heavy atom. The lowest BCUT2D eigenvalue weighted by Crippen LogP contribution is -2.54. The second-order valence-electron chi connectivity index (χ2n) is 18.5. The molecule has 15 nitrogen and oxygen atoms in total. The molecule has 0 aromatic heterocycles. The Labute approximate surface area is 423 Å². The summed E-state index contributed by atoms with van der Waals surface area (Å²) in [4.78, 5) is 67.8. The molecule has 0 spiro atoms. The van der Waals surface area contributed by atoms with Crippen LogP contribution >= 0.6 is 11.6 Å². The Morgan fingerprint density at radius 2 is 1.58 bits per heavy atom. The van der Waals surface area contributed by atoms with Crippen molar-refractivity contribution in [2.45, 2.75) is 96.6 Å². The monoisotopic (exact) mass is 992 g/mol. The van der Waals surface area contributed by atoms with Crippen molar-refractivity contribution in [1.29, 1.82) is 5.26 Å². The number of nitriles is 1. The normalized spacial score (nSPS) is 17.5. The third-order valence-corrected chi connectivity index (χ3v) is 14.0. The first-order valence-electron chi connectivity index (χ1n) is 24.7. The highest BCUT2D eigenvalue weighted by Crippen LogP contribution is 2.39. The number of amides is 5. The van der Waals surface area contributed by atoms with E-state index in [0.29, 0.717) is 60.6 Å². The average Bonchev–Trinajstić information content (AvgIpc) is 3.65. The zero-order valence-corrected chi connectivity index (χ0v) is 41.0. The molecule has 0 radical (unpaired) electrons. The molecular weight excluding hydrogens is 936 g/mol. The summed E-state index contributed by atoms with van der Waals surface area (Å²) in [6.07, 6.45) is 6.09. The zero-order valence-electron chi connectivity index (χ0n) is 40.2. The molecule has 5 aromatic carbocycles. The van der Waals surface area contributed by atoms with E-state index in [9.17, 15) is 29.2 Å². The molecule has 5 amide bonds. The molecule has 2 saturated heterocycles. The number of halogens is 1. The van der Waals surface area contributed by atoms with Gasteiger partial charge in [0.15, 0.2) is 11.5 Å². The first-order chi connectivity index (χ1) is 35.1. The molecule has 4 heterocycles. The summed E-state index contributed by atoms with van der Waals surface area (Å²) >= 11 is 7.02. The molecule has 0 bridgehead atoms. The highest BCUT2D eigenvalue weighted by atomic mass is 35.5. The maximum Gasteiger partial charge on any atom is 0.264 e. The van der Waals surface area contributed by atoms with Gasteiger partial charge in [-0.25, -0.2) is 0 Å². The Morgan fingerprint density at radius 3 is 2.42 bits per heavy atom. The quantitative estimate of drug-likeness (QED) is 0.0529. The van der Waals surface area contributed by atoms with E-state index >= 15 is 0 Å². The van der Waals surface area contributed by atoms with E-state index in [0.717, 1.165) is 101 Å². The largest absolute Gasteiger partial charge is 0.488 e. The number of hydrogen-bond acceptors (Lipinski definition) is 12. The Balaban J connectivity index is 0.795. The van der Waals surface area contributed by atoms with Crippen LogP contribution in [0.2, 0.25) is 5.02 Å². The summed E-state index contributed by atoms with van der Waals surface area (Å²) in [5.41, 5.74) is 7.32. The Bertz CT molecular complexity index is 2940. The lowest BCUT2D eigenvalue weighted by molar-refractivity contribution is -0.136. The molecule has 2 fully saturated rings. The number of hydrogen-bond donors (Lipinski definition) is 3. The third-order valence-electron chi connectivity index (χ3n) is 13.7. The Hall–Kier alpha value is -7.41. The van der Waals surface area contributed by atoms with Crippen molar-refractivity contribution in [1.82, 2.24) is 20.4 Å². The molecule has 72 heavy (non-hydrogen) atoms. The fourth-order valence-corrected chi connectivity index (χ4v) is 10.1. The number of fused-ring (bicyclic) bond motifs is 2. The van der Waals surface area contributed by atoms with Crippen molar-refractivity contribution >= 4 is 46.8 Å². The number of likely N-dealkylation sites (tertiary alicyclic amines) is 1. The van der Waals surface area contributed by atoms with Crippen molar-refractivity contribution in [2.75, 3.05) is 38.2 Å². The minimum Gasteiger partial charge on any atom is -0.488 e. The number of imide groups is 2. The van der Waals surface area contributed by atoms with Gasteiger partial charge >= 0.3 is 0 Å². The molecule has 9 rings (SSSR count). The lowest BCUT2D eigenvalue weighted by Gasteiger charge is -2.35. The van der Waals surface area contributed by atoms with Gasteiger partial charge in [-0.15, -0.1) is 0 Å². The van der Waals surface area contributed by atoms with Crippen LogP contribution in [0.1, 0.15) is 106 Å². The van der Waals surface area contributed by atoms with Gasteiger partial charge in [-0.05, 0) is 116 Å². The highest BCUT2D eigenvalue weighted by Gasteiger charge is 2.45. The zero-order chi connectivity index (χ0) is 50.1. The third kappa shape index (κ3) is 11.2. The SMILES string of the molecule is Cc1c(COc2cc(OCc3cccc(C#N)c3)c(CN3CCCCC3C(=O)NCCCCCCNc3cccc4c3C(=O)N(C3CCC(=O)NC3=O)C4=O)cc2Cl)cccc1-c1ccc2c(c1)OCCO2. The second-order valence-corrected chi connectivity index (χ2v) is 18.9. The number of carbonyl (C=O) groups is 5. The number of nitrogens with zero attached hydrogens (tertiary/aromatic N) is 3. The summed E-state index contributed by atoms with van der Waals surface area (Å²) in [5.74, 6) is 0.339. The smallest absolute Gasteiger partial charge is 0.264 e. The van der Waals surface area contributed by atoms with Gasteiger partial charge in [-0.3, -0.25) is 39.1 Å². The second kappa shape index (κ2) is 22.8. The molecule has 0 aliphatic carbocycles. The maximum atomic E-state index is 13.8. The van der Waals surface area contributed by atoms with Crippen molar-refractivity contribution < 1.29 is 42.9 Å². The van der Waals surface area contributed by atoms with E-state index < -0.39 is 29.7 Å². The van der Waals surface area contributed by atoms with Crippen LogP contribution in [0, 0.1) is 18.3 Å². The maximum absolute atomic E-state index is 13.8. The molecule has 2 unspecified atom stereocenters. The van der Waals surface area contributed by atoms with Crippen LogP contribution in [0.4, 0.5) is 5.69 Å². The number of carbonyl (C=O) groups excluding carboxylic acids is 5. The predicted octanol–water partition coefficient (Wildman–Crippen LogP) is 8.66. The number of nitrogens with one attached hydrogen (secondary N) is 3. The van der Waals surface area contributed by atoms with E-state index in [1.54, 1.807) is 30.3 Å². The van der Waals surface area contributed by atoms with E-state index in [1.807, 2.05) is 54.6 Å². The van der Waals surface area contributed by atoms with Crippen LogP contribution in [0.3, 0.4) is 0 Å². The van der Waals surface area contributed by atoms with Crippen LogP contribution < -0.4 is 34.9 Å². The Kier molecular flexibility index (Phi) is 15.7. The summed E-state index contributed by atoms with van der Waals surface area (Å²) in [7, 11) is 0. The first kappa shape index (κ1) is 49.6. The van der Waals surface area contributed by atoms with Gasteiger partial charge < -0.3 is 29.6 Å². The van der Waals surface area contributed by atoms with Gasteiger partial charge in [0, 0.05) is 43.4 Å². The van der Waals surface area contributed by atoms with Crippen molar-refractivity contribution in [3.05, 3.63) is 135 Å². The molecular formula is C56H57ClN6O9. The number of ether oxygens (including phenoxy) is 4. The molecule has 2 atom stereocenters. The van der Waals surface area contributed by atoms with E-state index in [4.69, 9.17) is 30.5 Å². The standard InChI is InChI=1S/C56H57ClN6O9/c1-35-39(13-9-14-41(35)38-18-20-47-50(29-38)70-26-25-69-47)34-72-49-30-48(71-33-37-12-8-11-36(27-37)31-58)40(28-43(49)57)32-62-24-7-4-17-45(62)53(65)60-23-6-3-2-5-22-59-44-16-10-15-42-52(44)56(68)63(55(42)67)46-19-21-51(64)61-54(46)66/h8-16,18,20,27-30,45-46,59H,2-7,17,19,21-26,32-34H2,1H3,(H,60,65)(H,61,64,66). The minimum atomic E-state index is -1.02. The minimum absolute atomic E-state index is 0.0180. The molecule has 5 aromatic rings. The molecule has 0 saturated carbocycles. The van der Waals surface area contributed by atoms with Crippen LogP contribution in [0.15, 0.2) is 91.0 Å². The van der Waals surface area contributed by atoms with E-state index in [2.05, 4.69) is 39.9 Å². The van der Waals surface area contributed by atoms with Gasteiger partial charge in [0.2, 0.25) is 17.7 Å².